The Kier molecular flexibility index (Phi) is 78.0. The van der Waals surface area contributed by atoms with E-state index in [0.717, 1.165) is 51.5 Å². The normalized spacial score (nSPS) is 16.5. The van der Waals surface area contributed by atoms with Crippen molar-refractivity contribution in [1.82, 2.24) is 5.32 Å². The number of carbonyl (C=O) groups excluding carboxylic acids is 12. The van der Waals surface area contributed by atoms with Gasteiger partial charge in [-0.05, 0) is 143 Å². The minimum Gasteiger partial charge on any atom is -0.390 e. The van der Waals surface area contributed by atoms with Gasteiger partial charge in [-0.1, -0.05) is 369 Å². The highest BCUT2D eigenvalue weighted by Crippen LogP contribution is 2.34. The number of nitrogens with one attached hydrogen (secondary N) is 1. The van der Waals surface area contributed by atoms with Crippen LogP contribution in [0.25, 0.3) is 0 Å². The molecule has 1 aliphatic heterocycles. The molecule has 1 aromatic rings. The lowest BCUT2D eigenvalue weighted by atomic mass is 9.77. The Morgan fingerprint density at radius 3 is 0.947 bits per heavy atom. The van der Waals surface area contributed by atoms with E-state index >= 15 is 0 Å². The van der Waals surface area contributed by atoms with Crippen LogP contribution >= 0.6 is 0 Å². The van der Waals surface area contributed by atoms with E-state index in [-0.39, 0.29) is 177 Å². The molecule has 4 rings (SSSR count). The summed E-state index contributed by atoms with van der Waals surface area (Å²) in [6, 6.07) is 7.71. The van der Waals surface area contributed by atoms with Crippen molar-refractivity contribution in [1.29, 1.82) is 0 Å². The number of hydrogen-bond donors (Lipinski definition) is 6. The number of hydrogen-bond acceptors (Lipinski definition) is 18. The SMILES string of the molecule is CC(C)C(=O)C(C)(N)C(C)C.CC(C)C(=O)C(C)C.CC(C)C(=O)C(C)C(C)(C)C.CC(C)C(=O)C(C)C(C)(C)O.CC(C)C(=O)C(C)C(C)C.CC(C)C(=O)C(C)C1CCCC1.CC(C)C(=O)C(N)C(C)C.CC(C)C(=O)C(N)C1Cc2ccccc2C1.CC(C)C(=O)C1CCCN1.CC(C)CC(C)C(=O)C(C)C.CCC(C(=O)C(C)C)C(C)C.CCC(C)C(N)C(=O)C(C)C. The minimum atomic E-state index is -0.888. The van der Waals surface area contributed by atoms with Crippen molar-refractivity contribution < 1.29 is 62.6 Å². The molecule has 0 bridgehead atoms. The van der Waals surface area contributed by atoms with E-state index < -0.39 is 11.1 Å². The van der Waals surface area contributed by atoms with Gasteiger partial charge in [0.15, 0.2) is 28.9 Å². The van der Waals surface area contributed by atoms with Gasteiger partial charge in [0, 0.05) is 112 Å². The highest BCUT2D eigenvalue weighted by Gasteiger charge is 2.36. The van der Waals surface area contributed by atoms with Crippen molar-refractivity contribution in [3.63, 3.8) is 0 Å². The van der Waals surface area contributed by atoms with Crippen molar-refractivity contribution in [2.75, 3.05) is 6.54 Å². The van der Waals surface area contributed by atoms with Gasteiger partial charge in [0.1, 0.15) is 40.5 Å². The second-order valence-electron chi connectivity index (χ2n) is 46.2. The number of carbonyl (C=O) groups is 12. The summed E-state index contributed by atoms with van der Waals surface area (Å²) in [5.41, 5.74) is 24.5. The monoisotopic (exact) mass is 1870 g/mol. The van der Waals surface area contributed by atoms with Crippen LogP contribution in [0, 0.1) is 165 Å². The Balaban J connectivity index is -0.000000213. The summed E-state index contributed by atoms with van der Waals surface area (Å²) >= 11 is 0. The zero-order valence-corrected chi connectivity index (χ0v) is 95.3. The fourth-order valence-electron chi connectivity index (χ4n) is 14.7. The molecule has 0 spiro atoms. The van der Waals surface area contributed by atoms with Crippen LogP contribution in [0.3, 0.4) is 0 Å². The van der Waals surface area contributed by atoms with E-state index in [1.807, 2.05) is 235 Å². The molecule has 1 heterocycles. The molecule has 1 aromatic carbocycles. The van der Waals surface area contributed by atoms with E-state index in [1.165, 1.54) is 36.8 Å². The Morgan fingerprint density at radius 1 is 0.379 bits per heavy atom. The number of rotatable bonds is 36. The molecule has 18 nitrogen and oxygen atoms in total. The van der Waals surface area contributed by atoms with E-state index in [1.54, 1.807) is 27.7 Å². The summed E-state index contributed by atoms with van der Waals surface area (Å²) in [6.45, 7) is 99.4. The molecule has 0 amide bonds. The molecular weight excluding hydrogens is 1650 g/mol. The standard InChI is InChI=1S/C14H19NO.C11H20O.3C10H20O.2C9H19NO.C9H18O2.C9H18O.C8H15NO.C8H17NO.C7H14O/c1-9(2)14(16)13(15)12-7-10-5-3-4-6-11(10)8-12;1-8(2)11(12)9(3)10-6-4-5-7-10;1-7(2)9(11)8(3)10(4,5)6;1-7(2)6-9(5)10(11)8(3)4;1-6-9(7(2)3)10(11)8(4)5;1-6(2)8(11)9(5,10)7(3)4;1-5-7(4)8(10)9(11)6(2)3;1-6(2)8(10)7(3)9(4,5)11;1-6(2)8(5)9(10)7(3)4;1-6(2)8(10)7-4-3-5-9-7;1-5(2)7(9)8(10)6(3)4;1-5(2)7(8)6(3)4/h3-6,9,12-13H,7-8,15H2,1-2H3;8-10H,4-7H2,1-3H3;7-8H,1-6H3;2*7-9H,6H2,1-5H3;6-7H,10H2,1-5H3;6-8H,5,10H2,1-4H3;6-7,11H,1-5H3;6-8H,1-5H3;6-7,9H,3-5H2,1-2H3;5-7H,9H2,1-4H3;5-6H,1-4H3. The summed E-state index contributed by atoms with van der Waals surface area (Å²) < 4.78 is 0. The average Bonchev–Trinajstić information content (AvgIpc) is 1.67. The van der Waals surface area contributed by atoms with Crippen molar-refractivity contribution in [2.24, 2.45) is 188 Å². The first-order valence-electron chi connectivity index (χ1n) is 51.7. The summed E-state index contributed by atoms with van der Waals surface area (Å²) in [6.07, 6.45) is 12.3. The third-order valence-corrected chi connectivity index (χ3v) is 26.2. The maximum absolute atomic E-state index is 11.9. The van der Waals surface area contributed by atoms with Gasteiger partial charge in [-0.3, -0.25) is 57.5 Å². The fraction of sp³-hybridized carbons (Fsp3) is 0.842. The predicted octanol–water partition coefficient (Wildman–Crippen LogP) is 25.0. The average molecular weight is 1870 g/mol. The van der Waals surface area contributed by atoms with Gasteiger partial charge in [0.25, 0.3) is 0 Å². The lowest BCUT2D eigenvalue weighted by molar-refractivity contribution is -0.132. The maximum Gasteiger partial charge on any atom is 0.155 e. The molecule has 2 fully saturated rings. The first-order chi connectivity index (χ1) is 59.7. The minimum absolute atomic E-state index is 0.0106. The van der Waals surface area contributed by atoms with Crippen molar-refractivity contribution in [3.8, 4) is 0 Å². The van der Waals surface area contributed by atoms with E-state index in [2.05, 4.69) is 113 Å². The summed E-state index contributed by atoms with van der Waals surface area (Å²) in [7, 11) is 0. The van der Waals surface area contributed by atoms with Gasteiger partial charge in [-0.2, -0.15) is 0 Å². The molecule has 778 valence electrons. The molecule has 12 unspecified atom stereocenters. The van der Waals surface area contributed by atoms with Gasteiger partial charge in [0.05, 0.1) is 35.3 Å². The lowest BCUT2D eigenvalue weighted by Crippen LogP contribution is -2.51. The second-order valence-corrected chi connectivity index (χ2v) is 46.2. The molecule has 3 aliphatic rings. The molecule has 132 heavy (non-hydrogen) atoms. The van der Waals surface area contributed by atoms with Crippen LogP contribution in [0.5, 0.6) is 0 Å². The maximum atomic E-state index is 11.9. The highest BCUT2D eigenvalue weighted by molar-refractivity contribution is 5.90. The van der Waals surface area contributed by atoms with Gasteiger partial charge >= 0.3 is 0 Å². The van der Waals surface area contributed by atoms with Gasteiger partial charge in [-0.25, -0.2) is 0 Å². The Bertz CT molecular complexity index is 3190. The summed E-state index contributed by atoms with van der Waals surface area (Å²) in [5, 5.41) is 12.7. The summed E-state index contributed by atoms with van der Waals surface area (Å²) in [5.74, 6) is 9.69. The summed E-state index contributed by atoms with van der Waals surface area (Å²) in [4.78, 5) is 137. The van der Waals surface area contributed by atoms with Crippen LogP contribution in [0.1, 0.15) is 415 Å². The van der Waals surface area contributed by atoms with E-state index in [4.69, 9.17) is 22.9 Å². The molecule has 0 radical (unpaired) electrons. The molecule has 2 aliphatic carbocycles. The molecule has 1 saturated carbocycles. The number of ketones is 12. The van der Waals surface area contributed by atoms with Crippen LogP contribution in [0.15, 0.2) is 24.3 Å². The Labute approximate surface area is 815 Å². The first-order valence-corrected chi connectivity index (χ1v) is 51.7. The van der Waals surface area contributed by atoms with E-state index in [9.17, 15) is 62.6 Å². The number of Topliss-reactive ketones (excluding diaryl/α,β-unsaturated/α-hetero) is 12. The van der Waals surface area contributed by atoms with Crippen molar-refractivity contribution in [3.05, 3.63) is 35.4 Å². The molecular formula is C114H219N5O13. The van der Waals surface area contributed by atoms with Crippen LogP contribution in [-0.2, 0) is 70.4 Å². The Hall–Kier alpha value is -4.98. The second kappa shape index (κ2) is 72.3. The molecule has 1 saturated heterocycles. The number of fused-ring (bicyclic) bond motifs is 1. The zero-order chi connectivity index (χ0) is 107. The van der Waals surface area contributed by atoms with Crippen LogP contribution in [0.4, 0.5) is 0 Å². The molecule has 0 aromatic heterocycles. The van der Waals surface area contributed by atoms with Gasteiger partial charge in [-0.15, -0.1) is 0 Å². The molecule has 10 N–H and O–H groups in total. The van der Waals surface area contributed by atoms with Crippen molar-refractivity contribution in [2.45, 2.75) is 452 Å². The third-order valence-electron chi connectivity index (χ3n) is 26.2. The predicted molar refractivity (Wildman–Crippen MR) is 563 cm³/mol. The number of nitrogens with two attached hydrogens (primary N) is 4. The smallest absolute Gasteiger partial charge is 0.155 e. The van der Waals surface area contributed by atoms with Crippen LogP contribution in [0.2, 0.25) is 0 Å². The highest BCUT2D eigenvalue weighted by atomic mass is 16.3. The van der Waals surface area contributed by atoms with Crippen molar-refractivity contribution >= 4 is 69.4 Å². The third kappa shape index (κ3) is 62.1. The van der Waals surface area contributed by atoms with Crippen LogP contribution < -0.4 is 28.3 Å². The quantitative estimate of drug-likeness (QED) is 0.0363. The molecule has 12 atom stereocenters. The lowest BCUT2D eigenvalue weighted by Gasteiger charge is -2.29. The largest absolute Gasteiger partial charge is 0.390 e. The van der Waals surface area contributed by atoms with Gasteiger partial charge < -0.3 is 33.4 Å². The van der Waals surface area contributed by atoms with Gasteiger partial charge in [0.2, 0.25) is 0 Å². The van der Waals surface area contributed by atoms with Crippen LogP contribution in [-0.4, -0.2) is 116 Å². The topological polar surface area (TPSA) is 341 Å². The number of aliphatic hydroxyl groups is 1. The Morgan fingerprint density at radius 2 is 0.735 bits per heavy atom. The first kappa shape index (κ1) is 142. The fourth-order valence-corrected chi connectivity index (χ4v) is 14.7. The zero-order valence-electron chi connectivity index (χ0n) is 95.3. The molecule has 18 heteroatoms. The van der Waals surface area contributed by atoms with E-state index in [0.29, 0.717) is 81.9 Å². The number of benzene rings is 1.